The number of nitrogens with zero attached hydrogens (tertiary/aromatic N) is 3. The van der Waals surface area contributed by atoms with E-state index in [0.717, 1.165) is 9.99 Å². The smallest absolute Gasteiger partial charge is 0.317 e. The third kappa shape index (κ3) is 8.13. The first-order valence-electron chi connectivity index (χ1n) is 13.3. The van der Waals surface area contributed by atoms with Gasteiger partial charge in [-0.15, -0.1) is 0 Å². The molecular formula is C29H32Cl2FN5O4S. The van der Waals surface area contributed by atoms with Crippen LogP contribution < -0.4 is 15.5 Å². The Bertz CT molecular complexity index is 1510. The number of amides is 3. The minimum atomic E-state index is -4.13. The van der Waals surface area contributed by atoms with E-state index >= 15 is 0 Å². The fourth-order valence-corrected chi connectivity index (χ4v) is 6.11. The highest BCUT2D eigenvalue weighted by Crippen LogP contribution is 2.29. The summed E-state index contributed by atoms with van der Waals surface area (Å²) >= 11 is 12.3. The summed E-state index contributed by atoms with van der Waals surface area (Å²) in [6, 6.07) is 16.2. The van der Waals surface area contributed by atoms with Crippen LogP contribution >= 0.6 is 23.2 Å². The summed E-state index contributed by atoms with van der Waals surface area (Å²) in [5.41, 5.74) is 1.63. The van der Waals surface area contributed by atoms with Gasteiger partial charge in [0.05, 0.1) is 22.2 Å². The van der Waals surface area contributed by atoms with Crippen LogP contribution in [-0.4, -0.2) is 68.3 Å². The zero-order valence-electron chi connectivity index (χ0n) is 23.2. The molecule has 0 unspecified atom stereocenters. The maximum Gasteiger partial charge on any atom is 0.317 e. The first-order valence-corrected chi connectivity index (χ1v) is 15.5. The van der Waals surface area contributed by atoms with E-state index in [9.17, 15) is 22.4 Å². The van der Waals surface area contributed by atoms with Crippen molar-refractivity contribution in [3.05, 3.63) is 88.2 Å². The van der Waals surface area contributed by atoms with Crippen LogP contribution in [0.3, 0.4) is 0 Å². The van der Waals surface area contributed by atoms with Crippen LogP contribution in [0.4, 0.5) is 20.6 Å². The highest BCUT2D eigenvalue weighted by Gasteiger charge is 2.28. The fourth-order valence-electron chi connectivity index (χ4n) is 4.44. The monoisotopic (exact) mass is 635 g/mol. The Morgan fingerprint density at radius 2 is 1.60 bits per heavy atom. The van der Waals surface area contributed by atoms with E-state index < -0.39 is 28.3 Å². The van der Waals surface area contributed by atoms with Crippen molar-refractivity contribution >= 4 is 56.5 Å². The van der Waals surface area contributed by atoms with Crippen LogP contribution in [0.2, 0.25) is 10.0 Å². The van der Waals surface area contributed by atoms with Crippen LogP contribution in [0.5, 0.6) is 0 Å². The lowest BCUT2D eigenvalue weighted by Gasteiger charge is -2.36. The number of carbonyl (C=O) groups excluding carboxylic acids is 2. The molecule has 4 rings (SSSR count). The topological polar surface area (TPSA) is 102 Å². The van der Waals surface area contributed by atoms with E-state index in [0.29, 0.717) is 42.5 Å². The van der Waals surface area contributed by atoms with Gasteiger partial charge >= 0.3 is 6.03 Å². The number of halogens is 3. The van der Waals surface area contributed by atoms with Crippen LogP contribution in [0.1, 0.15) is 19.4 Å². The van der Waals surface area contributed by atoms with Gasteiger partial charge in [-0.1, -0.05) is 35.3 Å². The van der Waals surface area contributed by atoms with Crippen molar-refractivity contribution in [2.75, 3.05) is 42.9 Å². The van der Waals surface area contributed by atoms with Crippen molar-refractivity contribution in [2.24, 2.45) is 0 Å². The predicted molar refractivity (Wildman–Crippen MR) is 163 cm³/mol. The lowest BCUT2D eigenvalue weighted by atomic mass is 10.2. The van der Waals surface area contributed by atoms with Crippen LogP contribution in [0.15, 0.2) is 71.6 Å². The third-order valence-electron chi connectivity index (χ3n) is 6.61. The number of urea groups is 1. The van der Waals surface area contributed by atoms with Crippen LogP contribution in [0, 0.1) is 5.82 Å². The number of rotatable bonds is 9. The van der Waals surface area contributed by atoms with Gasteiger partial charge in [0.2, 0.25) is 15.9 Å². The van der Waals surface area contributed by atoms with E-state index in [2.05, 4.69) is 15.5 Å². The number of hydrogen-bond acceptors (Lipinski definition) is 5. The van der Waals surface area contributed by atoms with E-state index in [4.69, 9.17) is 23.2 Å². The Kier molecular flexibility index (Phi) is 10.3. The second-order valence-electron chi connectivity index (χ2n) is 10.1. The maximum absolute atomic E-state index is 13.5. The van der Waals surface area contributed by atoms with E-state index in [1.54, 1.807) is 17.0 Å². The van der Waals surface area contributed by atoms with Gasteiger partial charge in [-0.25, -0.2) is 17.6 Å². The zero-order chi connectivity index (χ0) is 30.4. The van der Waals surface area contributed by atoms with E-state index in [1.807, 2.05) is 19.9 Å². The number of nitrogens with one attached hydrogen (secondary N) is 2. The van der Waals surface area contributed by atoms with Gasteiger partial charge in [0, 0.05) is 49.5 Å². The Hall–Kier alpha value is -3.38. The van der Waals surface area contributed by atoms with Crippen molar-refractivity contribution in [1.82, 2.24) is 14.5 Å². The molecule has 2 N–H and O–H groups in total. The predicted octanol–water partition coefficient (Wildman–Crippen LogP) is 5.20. The molecule has 1 fully saturated rings. The first kappa shape index (κ1) is 31.6. The second-order valence-corrected chi connectivity index (χ2v) is 12.9. The number of sulfonamides is 1. The van der Waals surface area contributed by atoms with Crippen molar-refractivity contribution in [3.63, 3.8) is 0 Å². The number of hydrogen-bond donors (Lipinski definition) is 2. The number of carbonyl (C=O) groups is 2. The summed E-state index contributed by atoms with van der Waals surface area (Å²) < 4.78 is 41.5. The zero-order valence-corrected chi connectivity index (χ0v) is 25.5. The van der Waals surface area contributed by atoms with Crippen LogP contribution in [-0.2, 0) is 21.4 Å². The standard InChI is InChI=1S/C29H32Cl2FN5O4S/c1-20(2)33-29(39)36-15-13-35(14-16-36)24-9-12-26(31)27(17-24)34-28(38)19-37(18-21-3-7-23(32)8-4-21)42(40,41)25-10-5-22(30)6-11-25/h3-12,17,20H,13-16,18-19H2,1-2H3,(H,33,39)(H,34,38). The molecule has 1 saturated heterocycles. The molecule has 224 valence electrons. The van der Waals surface area contributed by atoms with E-state index in [-0.39, 0.29) is 28.5 Å². The van der Waals surface area contributed by atoms with Crippen molar-refractivity contribution in [2.45, 2.75) is 31.3 Å². The van der Waals surface area contributed by atoms with Gasteiger partial charge in [-0.05, 0) is 74.0 Å². The lowest BCUT2D eigenvalue weighted by molar-refractivity contribution is -0.116. The lowest BCUT2D eigenvalue weighted by Crippen LogP contribution is -2.52. The molecule has 1 heterocycles. The largest absolute Gasteiger partial charge is 0.368 e. The minimum Gasteiger partial charge on any atom is -0.368 e. The van der Waals surface area contributed by atoms with Gasteiger partial charge in [0.15, 0.2) is 0 Å². The molecule has 1 aliphatic rings. The molecule has 0 atom stereocenters. The van der Waals surface area contributed by atoms with E-state index in [1.165, 1.54) is 48.5 Å². The SMILES string of the molecule is CC(C)NC(=O)N1CCN(c2ccc(Cl)c(NC(=O)CN(Cc3ccc(F)cc3)S(=O)(=O)c3ccc(Cl)cc3)c2)CC1. The molecule has 0 bridgehead atoms. The molecular weight excluding hydrogens is 604 g/mol. The van der Waals surface area contributed by atoms with Gasteiger partial charge in [0.25, 0.3) is 0 Å². The van der Waals surface area contributed by atoms with Crippen molar-refractivity contribution in [3.8, 4) is 0 Å². The molecule has 3 amide bonds. The number of anilines is 2. The molecule has 0 radical (unpaired) electrons. The highest BCUT2D eigenvalue weighted by molar-refractivity contribution is 7.89. The molecule has 0 saturated carbocycles. The summed E-state index contributed by atoms with van der Waals surface area (Å²) in [5, 5.41) is 6.29. The van der Waals surface area contributed by atoms with Crippen molar-refractivity contribution in [1.29, 1.82) is 0 Å². The summed E-state index contributed by atoms with van der Waals surface area (Å²) in [6.07, 6.45) is 0. The normalized spacial score (nSPS) is 13.9. The molecule has 0 aliphatic carbocycles. The maximum atomic E-state index is 13.5. The van der Waals surface area contributed by atoms with Gasteiger partial charge < -0.3 is 20.4 Å². The van der Waals surface area contributed by atoms with Crippen molar-refractivity contribution < 1.29 is 22.4 Å². The summed E-state index contributed by atoms with van der Waals surface area (Å²) in [6.45, 7) is 5.37. The molecule has 0 aromatic heterocycles. The quantitative estimate of drug-likeness (QED) is 0.336. The molecule has 3 aromatic rings. The second kappa shape index (κ2) is 13.7. The Morgan fingerprint density at radius 3 is 2.21 bits per heavy atom. The average Bonchev–Trinajstić information content (AvgIpc) is 2.95. The Balaban J connectivity index is 1.49. The summed E-state index contributed by atoms with van der Waals surface area (Å²) in [5.74, 6) is -1.07. The summed E-state index contributed by atoms with van der Waals surface area (Å²) in [4.78, 5) is 29.3. The molecule has 13 heteroatoms. The highest BCUT2D eigenvalue weighted by atomic mass is 35.5. The first-order chi connectivity index (χ1) is 19.9. The number of benzene rings is 3. The molecule has 9 nitrogen and oxygen atoms in total. The molecule has 3 aromatic carbocycles. The summed E-state index contributed by atoms with van der Waals surface area (Å²) in [7, 11) is -4.13. The minimum absolute atomic E-state index is 0.0388. The molecule has 1 aliphatic heterocycles. The fraction of sp³-hybridized carbons (Fsp3) is 0.310. The van der Waals surface area contributed by atoms with Gasteiger partial charge in [0.1, 0.15) is 5.82 Å². The van der Waals surface area contributed by atoms with Crippen LogP contribution in [0.25, 0.3) is 0 Å². The van der Waals surface area contributed by atoms with Gasteiger partial charge in [-0.3, -0.25) is 4.79 Å². The Labute approximate surface area is 255 Å². The van der Waals surface area contributed by atoms with Gasteiger partial charge in [-0.2, -0.15) is 4.31 Å². The molecule has 0 spiro atoms. The third-order valence-corrected chi connectivity index (χ3v) is 9.00. The average molecular weight is 637 g/mol. The number of piperazine rings is 1. The molecule has 42 heavy (non-hydrogen) atoms. The Morgan fingerprint density at radius 1 is 0.952 bits per heavy atom.